The van der Waals surface area contributed by atoms with Gasteiger partial charge in [0.05, 0.1) is 6.04 Å². The van der Waals surface area contributed by atoms with Crippen molar-refractivity contribution in [3.8, 4) is 0 Å². The normalized spacial score (nSPS) is 16.8. The topological polar surface area (TPSA) is 61.4 Å². The highest BCUT2D eigenvalue weighted by Gasteiger charge is 2.30. The summed E-state index contributed by atoms with van der Waals surface area (Å²) in [6.07, 6.45) is 0.344. The SMILES string of the molecule is O=C(NCc1cccc(Br)c1)NC1CC(=O)N(Cc2ccccc2)C1. The van der Waals surface area contributed by atoms with Crippen LogP contribution in [0.5, 0.6) is 0 Å². The van der Waals surface area contributed by atoms with Crippen LogP contribution in [0, 0.1) is 0 Å². The van der Waals surface area contributed by atoms with Gasteiger partial charge in [-0.3, -0.25) is 4.79 Å². The lowest BCUT2D eigenvalue weighted by Crippen LogP contribution is -2.43. The first kappa shape index (κ1) is 17.5. The van der Waals surface area contributed by atoms with Gasteiger partial charge in [-0.05, 0) is 23.3 Å². The summed E-state index contributed by atoms with van der Waals surface area (Å²) < 4.78 is 0.977. The zero-order chi connectivity index (χ0) is 17.6. The minimum atomic E-state index is -0.251. The van der Waals surface area contributed by atoms with Crippen LogP contribution in [-0.4, -0.2) is 29.4 Å². The Morgan fingerprint density at radius 2 is 1.88 bits per heavy atom. The highest BCUT2D eigenvalue weighted by atomic mass is 79.9. The van der Waals surface area contributed by atoms with E-state index < -0.39 is 0 Å². The molecule has 0 aliphatic carbocycles. The lowest BCUT2D eigenvalue weighted by Gasteiger charge is -2.17. The van der Waals surface area contributed by atoms with Crippen molar-refractivity contribution in [2.45, 2.75) is 25.6 Å². The Morgan fingerprint density at radius 1 is 1.12 bits per heavy atom. The Hall–Kier alpha value is -2.34. The van der Waals surface area contributed by atoms with Crippen LogP contribution in [-0.2, 0) is 17.9 Å². The van der Waals surface area contributed by atoms with Crippen LogP contribution in [0.3, 0.4) is 0 Å². The van der Waals surface area contributed by atoms with Gasteiger partial charge in [0.25, 0.3) is 0 Å². The van der Waals surface area contributed by atoms with Gasteiger partial charge in [0, 0.05) is 30.5 Å². The molecule has 2 aromatic carbocycles. The fourth-order valence-corrected chi connectivity index (χ4v) is 3.34. The molecule has 130 valence electrons. The molecule has 1 heterocycles. The van der Waals surface area contributed by atoms with Crippen molar-refractivity contribution >= 4 is 27.9 Å². The minimum Gasteiger partial charge on any atom is -0.336 e. The predicted octanol–water partition coefficient (Wildman–Crippen LogP) is 3.05. The summed E-state index contributed by atoms with van der Waals surface area (Å²) in [7, 11) is 0. The Labute approximate surface area is 155 Å². The molecule has 1 atom stereocenters. The number of halogens is 1. The molecule has 1 aliphatic heterocycles. The van der Waals surface area contributed by atoms with Crippen LogP contribution >= 0.6 is 15.9 Å². The van der Waals surface area contributed by atoms with Crippen molar-refractivity contribution < 1.29 is 9.59 Å². The molecule has 2 N–H and O–H groups in total. The third-order valence-electron chi connectivity index (χ3n) is 4.11. The third-order valence-corrected chi connectivity index (χ3v) is 4.60. The Bertz CT molecular complexity index is 751. The van der Waals surface area contributed by atoms with E-state index in [-0.39, 0.29) is 18.0 Å². The van der Waals surface area contributed by atoms with Crippen molar-refractivity contribution in [1.29, 1.82) is 0 Å². The van der Waals surface area contributed by atoms with E-state index in [4.69, 9.17) is 0 Å². The first-order valence-corrected chi connectivity index (χ1v) is 9.00. The van der Waals surface area contributed by atoms with Gasteiger partial charge >= 0.3 is 6.03 Å². The average Bonchev–Trinajstić information content (AvgIpc) is 2.93. The van der Waals surface area contributed by atoms with Gasteiger partial charge in [0.2, 0.25) is 5.91 Å². The van der Waals surface area contributed by atoms with Gasteiger partial charge in [-0.25, -0.2) is 4.79 Å². The number of hydrogen-bond donors (Lipinski definition) is 2. The summed E-state index contributed by atoms with van der Waals surface area (Å²) in [4.78, 5) is 26.0. The minimum absolute atomic E-state index is 0.0705. The zero-order valence-electron chi connectivity index (χ0n) is 13.7. The van der Waals surface area contributed by atoms with Crippen molar-refractivity contribution in [3.05, 3.63) is 70.2 Å². The summed E-state index contributed by atoms with van der Waals surface area (Å²) in [5.41, 5.74) is 2.10. The molecule has 0 saturated carbocycles. The van der Waals surface area contributed by atoms with E-state index in [2.05, 4.69) is 26.6 Å². The molecule has 1 unspecified atom stereocenters. The van der Waals surface area contributed by atoms with Crippen LogP contribution in [0.15, 0.2) is 59.1 Å². The van der Waals surface area contributed by atoms with Crippen LogP contribution in [0.4, 0.5) is 4.79 Å². The number of carbonyl (C=O) groups excluding carboxylic acids is 2. The van der Waals surface area contributed by atoms with E-state index in [0.717, 1.165) is 15.6 Å². The average molecular weight is 402 g/mol. The highest BCUT2D eigenvalue weighted by molar-refractivity contribution is 9.10. The number of benzene rings is 2. The van der Waals surface area contributed by atoms with Crippen LogP contribution in [0.1, 0.15) is 17.5 Å². The van der Waals surface area contributed by atoms with E-state index in [1.54, 1.807) is 4.90 Å². The number of likely N-dealkylation sites (tertiary alicyclic amines) is 1. The van der Waals surface area contributed by atoms with Crippen molar-refractivity contribution in [1.82, 2.24) is 15.5 Å². The molecule has 0 aromatic heterocycles. The lowest BCUT2D eigenvalue weighted by molar-refractivity contribution is -0.128. The van der Waals surface area contributed by atoms with Gasteiger partial charge in [-0.1, -0.05) is 58.4 Å². The molecule has 0 radical (unpaired) electrons. The fraction of sp³-hybridized carbons (Fsp3) is 0.263. The molecular weight excluding hydrogens is 382 g/mol. The zero-order valence-corrected chi connectivity index (χ0v) is 15.3. The molecule has 3 amide bonds. The maximum atomic E-state index is 12.1. The number of nitrogens with one attached hydrogen (secondary N) is 2. The standard InChI is InChI=1S/C19H20BrN3O2/c20-16-8-4-7-15(9-16)11-21-19(25)22-17-10-18(24)23(13-17)12-14-5-2-1-3-6-14/h1-9,17H,10-13H2,(H2,21,22,25). The van der Waals surface area contributed by atoms with Gasteiger partial charge in [-0.2, -0.15) is 0 Å². The number of carbonyl (C=O) groups is 2. The van der Waals surface area contributed by atoms with Gasteiger partial charge in [-0.15, -0.1) is 0 Å². The molecule has 0 spiro atoms. The molecule has 5 nitrogen and oxygen atoms in total. The molecular formula is C19H20BrN3O2. The quantitative estimate of drug-likeness (QED) is 0.808. The highest BCUT2D eigenvalue weighted by Crippen LogP contribution is 2.15. The smallest absolute Gasteiger partial charge is 0.315 e. The third kappa shape index (κ3) is 5.06. The maximum Gasteiger partial charge on any atom is 0.315 e. The summed E-state index contributed by atoms with van der Waals surface area (Å²) in [5.74, 6) is 0.0705. The molecule has 1 fully saturated rings. The van der Waals surface area contributed by atoms with Gasteiger partial charge < -0.3 is 15.5 Å². The van der Waals surface area contributed by atoms with Crippen LogP contribution in [0.25, 0.3) is 0 Å². The number of rotatable bonds is 5. The van der Waals surface area contributed by atoms with E-state index in [1.165, 1.54) is 0 Å². The number of hydrogen-bond acceptors (Lipinski definition) is 2. The monoisotopic (exact) mass is 401 g/mol. The predicted molar refractivity (Wildman–Crippen MR) is 99.8 cm³/mol. The fourth-order valence-electron chi connectivity index (χ4n) is 2.89. The van der Waals surface area contributed by atoms with Crippen molar-refractivity contribution in [2.24, 2.45) is 0 Å². The van der Waals surface area contributed by atoms with Crippen molar-refractivity contribution in [3.63, 3.8) is 0 Å². The first-order valence-electron chi connectivity index (χ1n) is 8.20. The summed E-state index contributed by atoms with van der Waals surface area (Å²) in [6, 6.07) is 17.2. The molecule has 1 saturated heterocycles. The second-order valence-electron chi connectivity index (χ2n) is 6.12. The number of urea groups is 1. The Balaban J connectivity index is 1.47. The molecule has 6 heteroatoms. The van der Waals surface area contributed by atoms with E-state index in [1.807, 2.05) is 54.6 Å². The lowest BCUT2D eigenvalue weighted by atomic mass is 10.2. The molecule has 3 rings (SSSR count). The Morgan fingerprint density at radius 3 is 2.64 bits per heavy atom. The molecule has 1 aliphatic rings. The van der Waals surface area contributed by atoms with E-state index in [9.17, 15) is 9.59 Å². The second kappa shape index (κ2) is 8.16. The summed E-state index contributed by atoms with van der Waals surface area (Å²) >= 11 is 3.41. The number of amides is 3. The molecule has 25 heavy (non-hydrogen) atoms. The summed E-state index contributed by atoms with van der Waals surface area (Å²) in [5, 5.41) is 5.72. The van der Waals surface area contributed by atoms with Crippen LogP contribution in [0.2, 0.25) is 0 Å². The largest absolute Gasteiger partial charge is 0.336 e. The van der Waals surface area contributed by atoms with Crippen LogP contribution < -0.4 is 10.6 Å². The Kier molecular flexibility index (Phi) is 5.71. The van der Waals surface area contributed by atoms with E-state index in [0.29, 0.717) is 26.1 Å². The van der Waals surface area contributed by atoms with E-state index >= 15 is 0 Å². The van der Waals surface area contributed by atoms with Gasteiger partial charge in [0.1, 0.15) is 0 Å². The maximum absolute atomic E-state index is 12.1. The molecule has 2 aromatic rings. The number of nitrogens with zero attached hydrogens (tertiary/aromatic N) is 1. The van der Waals surface area contributed by atoms with Gasteiger partial charge in [0.15, 0.2) is 0 Å². The summed E-state index contributed by atoms with van der Waals surface area (Å²) in [6.45, 7) is 1.56. The second-order valence-corrected chi connectivity index (χ2v) is 7.03. The van der Waals surface area contributed by atoms with Crippen molar-refractivity contribution in [2.75, 3.05) is 6.54 Å². The first-order chi connectivity index (χ1) is 12.1. The molecule has 0 bridgehead atoms.